The molecule has 1 aromatic rings. The van der Waals surface area contributed by atoms with Gasteiger partial charge in [-0.05, 0) is 25.3 Å². The maximum atomic E-state index is 12.1. The molecule has 112 valence electrons. The number of aliphatic carboxylic acids is 1. The Hall–Kier alpha value is -2.22. The summed E-state index contributed by atoms with van der Waals surface area (Å²) in [4.78, 5) is 36.7. The van der Waals surface area contributed by atoms with Crippen LogP contribution in [0.15, 0.2) is 12.3 Å². The van der Waals surface area contributed by atoms with Crippen LogP contribution in [0.4, 0.5) is 5.69 Å². The number of carbonyl (C=O) groups is 2. The number of aromatic nitrogens is 1. The van der Waals surface area contributed by atoms with Crippen molar-refractivity contribution < 1.29 is 19.6 Å². The molecule has 1 aromatic heterocycles. The van der Waals surface area contributed by atoms with Crippen LogP contribution in [0.2, 0.25) is 5.15 Å². The van der Waals surface area contributed by atoms with Crippen LogP contribution >= 0.6 is 11.6 Å². The maximum absolute atomic E-state index is 12.1. The standard InChI is InChI=1S/C12H12ClN3O5/c13-10-9(16(20)21)8(3-4-14-10)11(17)15-7-2-1-6(5-7)12(18)19/h3-4,6-7H,1-2,5H2,(H,15,17)(H,18,19)/t6-,7+/m1/s1. The first-order valence-electron chi connectivity index (χ1n) is 6.22. The third-order valence-corrected chi connectivity index (χ3v) is 3.70. The Morgan fingerprint density at radius 3 is 2.76 bits per heavy atom. The highest BCUT2D eigenvalue weighted by molar-refractivity contribution is 6.32. The largest absolute Gasteiger partial charge is 0.481 e. The van der Waals surface area contributed by atoms with Gasteiger partial charge in [0.1, 0.15) is 5.56 Å². The molecule has 0 saturated heterocycles. The second-order valence-electron chi connectivity index (χ2n) is 4.77. The predicted octanol–water partition coefficient (Wildman–Crippen LogP) is 1.63. The van der Waals surface area contributed by atoms with E-state index in [1.165, 1.54) is 12.3 Å². The Morgan fingerprint density at radius 2 is 2.19 bits per heavy atom. The van der Waals surface area contributed by atoms with Crippen molar-refractivity contribution in [3.05, 3.63) is 33.1 Å². The molecule has 2 N–H and O–H groups in total. The average molecular weight is 314 g/mol. The normalized spacial score (nSPS) is 21.0. The molecule has 1 aliphatic carbocycles. The van der Waals surface area contributed by atoms with E-state index in [2.05, 4.69) is 10.3 Å². The lowest BCUT2D eigenvalue weighted by atomic mass is 10.1. The quantitative estimate of drug-likeness (QED) is 0.495. The lowest BCUT2D eigenvalue weighted by Gasteiger charge is -2.12. The summed E-state index contributed by atoms with van der Waals surface area (Å²) < 4.78 is 0. The van der Waals surface area contributed by atoms with Crippen molar-refractivity contribution in [3.8, 4) is 0 Å². The molecule has 0 bridgehead atoms. The summed E-state index contributed by atoms with van der Waals surface area (Å²) >= 11 is 5.64. The van der Waals surface area contributed by atoms with Gasteiger partial charge in [-0.15, -0.1) is 0 Å². The van der Waals surface area contributed by atoms with Gasteiger partial charge in [0.2, 0.25) is 5.15 Å². The number of hydrogen-bond acceptors (Lipinski definition) is 5. The van der Waals surface area contributed by atoms with Crippen molar-refractivity contribution in [2.24, 2.45) is 5.92 Å². The molecule has 0 aliphatic heterocycles. The maximum Gasteiger partial charge on any atom is 0.319 e. The molecule has 1 fully saturated rings. The summed E-state index contributed by atoms with van der Waals surface area (Å²) in [7, 11) is 0. The molecule has 0 unspecified atom stereocenters. The zero-order valence-electron chi connectivity index (χ0n) is 10.8. The average Bonchev–Trinajstić information content (AvgIpc) is 2.86. The number of halogens is 1. The van der Waals surface area contributed by atoms with Gasteiger partial charge in [0, 0.05) is 12.2 Å². The van der Waals surface area contributed by atoms with Crippen LogP contribution in [0, 0.1) is 16.0 Å². The van der Waals surface area contributed by atoms with Gasteiger partial charge in [-0.1, -0.05) is 11.6 Å². The van der Waals surface area contributed by atoms with E-state index in [1.54, 1.807) is 0 Å². The van der Waals surface area contributed by atoms with E-state index in [9.17, 15) is 19.7 Å². The highest BCUT2D eigenvalue weighted by Gasteiger charge is 2.32. The molecule has 1 heterocycles. The van der Waals surface area contributed by atoms with Gasteiger partial charge in [-0.25, -0.2) is 4.98 Å². The molecule has 1 amide bonds. The molecule has 21 heavy (non-hydrogen) atoms. The number of hydrogen-bond donors (Lipinski definition) is 2. The van der Waals surface area contributed by atoms with Crippen LogP contribution < -0.4 is 5.32 Å². The molecule has 1 saturated carbocycles. The summed E-state index contributed by atoms with van der Waals surface area (Å²) in [6, 6.07) is 0.897. The first-order valence-corrected chi connectivity index (χ1v) is 6.60. The van der Waals surface area contributed by atoms with E-state index in [0.717, 1.165) is 0 Å². The van der Waals surface area contributed by atoms with Gasteiger partial charge in [-0.3, -0.25) is 19.7 Å². The molecule has 0 aromatic carbocycles. The molecule has 2 atom stereocenters. The first-order chi connectivity index (χ1) is 9.90. The molecule has 0 radical (unpaired) electrons. The molecular weight excluding hydrogens is 302 g/mol. The molecule has 8 nitrogen and oxygen atoms in total. The van der Waals surface area contributed by atoms with Gasteiger partial charge >= 0.3 is 11.7 Å². The SMILES string of the molecule is O=C(N[C@H]1CC[C@@H](C(=O)O)C1)c1ccnc(Cl)c1[N+](=O)[O-]. The van der Waals surface area contributed by atoms with Crippen LogP contribution in [-0.2, 0) is 4.79 Å². The van der Waals surface area contributed by atoms with Gasteiger partial charge in [0.15, 0.2) is 0 Å². The molecule has 2 rings (SSSR count). The van der Waals surface area contributed by atoms with E-state index >= 15 is 0 Å². The van der Waals surface area contributed by atoms with Crippen molar-refractivity contribution in [2.45, 2.75) is 25.3 Å². The first kappa shape index (κ1) is 15.2. The zero-order valence-corrected chi connectivity index (χ0v) is 11.5. The van der Waals surface area contributed by atoms with E-state index < -0.39 is 28.4 Å². The van der Waals surface area contributed by atoms with Crippen molar-refractivity contribution in [3.63, 3.8) is 0 Å². The Balaban J connectivity index is 2.13. The fourth-order valence-electron chi connectivity index (χ4n) is 2.39. The Morgan fingerprint density at radius 1 is 1.48 bits per heavy atom. The van der Waals surface area contributed by atoms with Crippen molar-refractivity contribution >= 4 is 29.2 Å². The van der Waals surface area contributed by atoms with E-state index in [4.69, 9.17) is 16.7 Å². The number of pyridine rings is 1. The fraction of sp³-hybridized carbons (Fsp3) is 0.417. The van der Waals surface area contributed by atoms with Crippen LogP contribution in [0.1, 0.15) is 29.6 Å². The summed E-state index contributed by atoms with van der Waals surface area (Å²) in [5, 5.41) is 22.1. The van der Waals surface area contributed by atoms with Gasteiger partial charge in [0.05, 0.1) is 10.8 Å². The summed E-state index contributed by atoms with van der Waals surface area (Å²) in [5.74, 6) is -2.04. The van der Waals surface area contributed by atoms with E-state index in [0.29, 0.717) is 19.3 Å². The monoisotopic (exact) mass is 313 g/mol. The topological polar surface area (TPSA) is 122 Å². The minimum absolute atomic E-state index is 0.182. The number of carboxylic acid groups (broad SMARTS) is 1. The number of nitrogens with one attached hydrogen (secondary N) is 1. The smallest absolute Gasteiger partial charge is 0.319 e. The predicted molar refractivity (Wildman–Crippen MR) is 72.1 cm³/mol. The summed E-state index contributed by atoms with van der Waals surface area (Å²) in [6.07, 6.45) is 2.52. The molecule has 1 aliphatic rings. The van der Waals surface area contributed by atoms with Crippen LogP contribution in [0.5, 0.6) is 0 Å². The van der Waals surface area contributed by atoms with Crippen LogP contribution in [-0.4, -0.2) is 32.9 Å². The van der Waals surface area contributed by atoms with Gasteiger partial charge in [0.25, 0.3) is 5.91 Å². The highest BCUT2D eigenvalue weighted by atomic mass is 35.5. The number of carboxylic acids is 1. The minimum Gasteiger partial charge on any atom is -0.481 e. The Labute approximate surface area is 124 Å². The van der Waals surface area contributed by atoms with Gasteiger partial charge < -0.3 is 10.4 Å². The van der Waals surface area contributed by atoms with Gasteiger partial charge in [-0.2, -0.15) is 0 Å². The number of amides is 1. The lowest BCUT2D eigenvalue weighted by Crippen LogP contribution is -2.33. The Bertz CT molecular complexity index is 607. The van der Waals surface area contributed by atoms with E-state index in [1.807, 2.05) is 0 Å². The fourth-order valence-corrected chi connectivity index (χ4v) is 2.61. The van der Waals surface area contributed by atoms with E-state index in [-0.39, 0.29) is 16.8 Å². The number of carbonyl (C=O) groups excluding carboxylic acids is 1. The molecular formula is C12H12ClN3O5. The summed E-state index contributed by atoms with van der Waals surface area (Å²) in [5.41, 5.74) is -0.733. The van der Waals surface area contributed by atoms with Crippen molar-refractivity contribution in [1.82, 2.24) is 10.3 Å². The van der Waals surface area contributed by atoms with Crippen LogP contribution in [0.3, 0.4) is 0 Å². The van der Waals surface area contributed by atoms with Crippen molar-refractivity contribution in [1.29, 1.82) is 0 Å². The third-order valence-electron chi connectivity index (χ3n) is 3.42. The second kappa shape index (κ2) is 6.04. The highest BCUT2D eigenvalue weighted by Crippen LogP contribution is 2.28. The summed E-state index contributed by atoms with van der Waals surface area (Å²) in [6.45, 7) is 0. The molecule has 0 spiro atoms. The van der Waals surface area contributed by atoms with Crippen LogP contribution in [0.25, 0.3) is 0 Å². The molecule has 9 heteroatoms. The Kier molecular flexibility index (Phi) is 4.37. The second-order valence-corrected chi connectivity index (χ2v) is 5.13. The third kappa shape index (κ3) is 3.27. The minimum atomic E-state index is -0.898. The number of rotatable bonds is 4. The zero-order chi connectivity index (χ0) is 15.6. The number of nitrogens with zero attached hydrogens (tertiary/aromatic N) is 2. The lowest BCUT2D eigenvalue weighted by molar-refractivity contribution is -0.385. The van der Waals surface area contributed by atoms with Crippen molar-refractivity contribution in [2.75, 3.05) is 0 Å². The number of nitro groups is 1.